The van der Waals surface area contributed by atoms with Crippen LogP contribution in [-0.4, -0.2) is 47.4 Å². The first-order chi connectivity index (χ1) is 9.78. The van der Waals surface area contributed by atoms with Crippen molar-refractivity contribution in [2.75, 3.05) is 26.3 Å². The molecule has 1 aliphatic heterocycles. The van der Waals surface area contributed by atoms with E-state index in [4.69, 9.17) is 4.74 Å². The summed E-state index contributed by atoms with van der Waals surface area (Å²) in [4.78, 5) is 14.3. The molecule has 0 radical (unpaired) electrons. The van der Waals surface area contributed by atoms with Crippen LogP contribution in [0.3, 0.4) is 0 Å². The monoisotopic (exact) mass is 275 g/mol. The molecular formula is C14H17N3O3. The summed E-state index contributed by atoms with van der Waals surface area (Å²) in [5.74, 6) is 0.477. The maximum atomic E-state index is 12.4. The number of benzene rings is 1. The molecule has 106 valence electrons. The van der Waals surface area contributed by atoms with Gasteiger partial charge in [-0.3, -0.25) is 4.79 Å². The molecular weight excluding hydrogens is 258 g/mol. The molecule has 0 spiro atoms. The molecule has 0 bridgehead atoms. The van der Waals surface area contributed by atoms with Crippen molar-refractivity contribution in [3.63, 3.8) is 0 Å². The average molecular weight is 275 g/mol. The molecule has 20 heavy (non-hydrogen) atoms. The normalized spacial score (nSPS) is 18.9. The van der Waals surface area contributed by atoms with Gasteiger partial charge in [0.1, 0.15) is 11.0 Å². The fourth-order valence-electron chi connectivity index (χ4n) is 2.54. The van der Waals surface area contributed by atoms with Crippen molar-refractivity contribution in [1.82, 2.24) is 15.2 Å². The zero-order chi connectivity index (χ0) is 13.9. The SMILES string of the molecule is CCOCC1CCN(C(=O)c2ccc3nonc3c2)C1. The van der Waals surface area contributed by atoms with Crippen LogP contribution in [0.15, 0.2) is 22.8 Å². The van der Waals surface area contributed by atoms with E-state index in [0.29, 0.717) is 22.5 Å². The number of rotatable bonds is 4. The first-order valence-corrected chi connectivity index (χ1v) is 6.87. The smallest absolute Gasteiger partial charge is 0.253 e. The van der Waals surface area contributed by atoms with E-state index < -0.39 is 0 Å². The number of carbonyl (C=O) groups excluding carboxylic acids is 1. The maximum Gasteiger partial charge on any atom is 0.253 e. The largest absolute Gasteiger partial charge is 0.381 e. The third kappa shape index (κ3) is 2.51. The van der Waals surface area contributed by atoms with Crippen molar-refractivity contribution in [3.05, 3.63) is 23.8 Å². The molecule has 0 aliphatic carbocycles. The number of nitrogens with zero attached hydrogens (tertiary/aromatic N) is 3. The molecule has 6 heteroatoms. The zero-order valence-electron chi connectivity index (χ0n) is 11.4. The Hall–Kier alpha value is -1.95. The van der Waals surface area contributed by atoms with Gasteiger partial charge >= 0.3 is 0 Å². The van der Waals surface area contributed by atoms with Crippen LogP contribution in [0, 0.1) is 5.92 Å². The highest BCUT2D eigenvalue weighted by atomic mass is 16.6. The van der Waals surface area contributed by atoms with Crippen LogP contribution < -0.4 is 0 Å². The van der Waals surface area contributed by atoms with E-state index in [2.05, 4.69) is 14.9 Å². The van der Waals surface area contributed by atoms with Gasteiger partial charge in [0, 0.05) is 31.2 Å². The van der Waals surface area contributed by atoms with Gasteiger partial charge in [-0.15, -0.1) is 0 Å². The predicted molar refractivity (Wildman–Crippen MR) is 72.3 cm³/mol. The lowest BCUT2D eigenvalue weighted by molar-refractivity contribution is 0.0763. The van der Waals surface area contributed by atoms with E-state index >= 15 is 0 Å². The number of carbonyl (C=O) groups is 1. The first-order valence-electron chi connectivity index (χ1n) is 6.87. The van der Waals surface area contributed by atoms with Gasteiger partial charge in [0.05, 0.1) is 6.61 Å². The average Bonchev–Trinajstić information content (AvgIpc) is 3.12. The van der Waals surface area contributed by atoms with Gasteiger partial charge < -0.3 is 9.64 Å². The lowest BCUT2D eigenvalue weighted by Crippen LogP contribution is -2.29. The number of hydrogen-bond donors (Lipinski definition) is 0. The number of fused-ring (bicyclic) bond motifs is 1. The zero-order valence-corrected chi connectivity index (χ0v) is 11.4. The van der Waals surface area contributed by atoms with Crippen LogP contribution in [0.5, 0.6) is 0 Å². The Labute approximate surface area is 116 Å². The third-order valence-electron chi connectivity index (χ3n) is 3.63. The molecule has 1 amide bonds. The summed E-state index contributed by atoms with van der Waals surface area (Å²) in [6.45, 7) is 4.98. The van der Waals surface area contributed by atoms with Crippen molar-refractivity contribution < 1.29 is 14.2 Å². The number of amides is 1. The Morgan fingerprint density at radius 1 is 1.45 bits per heavy atom. The van der Waals surface area contributed by atoms with E-state index in [1.165, 1.54) is 0 Å². The molecule has 0 saturated carbocycles. The number of likely N-dealkylation sites (tertiary alicyclic amines) is 1. The fraction of sp³-hybridized carbons (Fsp3) is 0.500. The van der Waals surface area contributed by atoms with Crippen molar-refractivity contribution in [1.29, 1.82) is 0 Å². The summed E-state index contributed by atoms with van der Waals surface area (Å²) >= 11 is 0. The molecule has 0 N–H and O–H groups in total. The second-order valence-corrected chi connectivity index (χ2v) is 5.03. The molecule has 1 fully saturated rings. The highest BCUT2D eigenvalue weighted by Gasteiger charge is 2.27. The third-order valence-corrected chi connectivity index (χ3v) is 3.63. The summed E-state index contributed by atoms with van der Waals surface area (Å²) in [6.07, 6.45) is 1.000. The Morgan fingerprint density at radius 3 is 3.15 bits per heavy atom. The number of aromatic nitrogens is 2. The van der Waals surface area contributed by atoms with Gasteiger partial charge in [-0.25, -0.2) is 4.63 Å². The molecule has 1 aliphatic rings. The summed E-state index contributed by atoms with van der Waals surface area (Å²) in [7, 11) is 0. The van der Waals surface area contributed by atoms with E-state index in [-0.39, 0.29) is 5.91 Å². The Balaban J connectivity index is 1.69. The summed E-state index contributed by atoms with van der Waals surface area (Å²) < 4.78 is 10.1. The first kappa shape index (κ1) is 13.1. The van der Waals surface area contributed by atoms with Crippen molar-refractivity contribution in [3.8, 4) is 0 Å². The highest BCUT2D eigenvalue weighted by molar-refractivity contribution is 5.97. The van der Waals surface area contributed by atoms with Gasteiger partial charge in [0.2, 0.25) is 0 Å². The Morgan fingerprint density at radius 2 is 2.30 bits per heavy atom. The minimum atomic E-state index is 0.0360. The fourth-order valence-corrected chi connectivity index (χ4v) is 2.54. The molecule has 2 heterocycles. The molecule has 6 nitrogen and oxygen atoms in total. The van der Waals surface area contributed by atoms with Gasteiger partial charge in [-0.2, -0.15) is 0 Å². The quantitative estimate of drug-likeness (QED) is 0.849. The van der Waals surface area contributed by atoms with E-state index in [1.807, 2.05) is 11.8 Å². The molecule has 1 unspecified atom stereocenters. The van der Waals surface area contributed by atoms with Crippen LogP contribution >= 0.6 is 0 Å². The van der Waals surface area contributed by atoms with Crippen LogP contribution in [0.4, 0.5) is 0 Å². The summed E-state index contributed by atoms with van der Waals surface area (Å²) in [5, 5.41) is 7.50. The van der Waals surface area contributed by atoms with Gasteiger partial charge in [-0.1, -0.05) is 0 Å². The Bertz CT molecular complexity index is 610. The minimum Gasteiger partial charge on any atom is -0.381 e. The predicted octanol–water partition coefficient (Wildman–Crippen LogP) is 1.72. The van der Waals surface area contributed by atoms with Crippen LogP contribution in [0.1, 0.15) is 23.7 Å². The Kier molecular flexibility index (Phi) is 3.64. The lowest BCUT2D eigenvalue weighted by atomic mass is 10.1. The molecule has 3 rings (SSSR count). The summed E-state index contributed by atoms with van der Waals surface area (Å²) in [6, 6.07) is 5.25. The maximum absolute atomic E-state index is 12.4. The molecule has 1 atom stereocenters. The standard InChI is InChI=1S/C14H17N3O3/c1-2-19-9-10-5-6-17(8-10)14(18)11-3-4-12-13(7-11)16-20-15-12/h3-4,7,10H,2,5-6,8-9H2,1H3. The minimum absolute atomic E-state index is 0.0360. The van der Waals surface area contributed by atoms with Crippen molar-refractivity contribution >= 4 is 16.9 Å². The lowest BCUT2D eigenvalue weighted by Gasteiger charge is -2.16. The summed E-state index contributed by atoms with van der Waals surface area (Å²) in [5.41, 5.74) is 1.91. The number of hydrogen-bond acceptors (Lipinski definition) is 5. The molecule has 1 aromatic heterocycles. The highest BCUT2D eigenvalue weighted by Crippen LogP contribution is 2.20. The molecule has 1 aromatic carbocycles. The van der Waals surface area contributed by atoms with Gasteiger partial charge in [0.25, 0.3) is 5.91 Å². The van der Waals surface area contributed by atoms with E-state index in [1.54, 1.807) is 18.2 Å². The van der Waals surface area contributed by atoms with Crippen LogP contribution in [0.25, 0.3) is 11.0 Å². The van der Waals surface area contributed by atoms with Gasteiger partial charge in [0.15, 0.2) is 0 Å². The van der Waals surface area contributed by atoms with Gasteiger partial charge in [-0.05, 0) is 41.9 Å². The van der Waals surface area contributed by atoms with E-state index in [0.717, 1.165) is 32.7 Å². The number of ether oxygens (including phenoxy) is 1. The molecule has 2 aromatic rings. The van der Waals surface area contributed by atoms with Crippen molar-refractivity contribution in [2.24, 2.45) is 5.92 Å². The molecule has 1 saturated heterocycles. The second kappa shape index (κ2) is 5.58. The van der Waals surface area contributed by atoms with E-state index in [9.17, 15) is 4.79 Å². The van der Waals surface area contributed by atoms with Crippen LogP contribution in [0.2, 0.25) is 0 Å². The topological polar surface area (TPSA) is 68.5 Å². The van der Waals surface area contributed by atoms with Crippen LogP contribution in [-0.2, 0) is 4.74 Å². The van der Waals surface area contributed by atoms with Crippen molar-refractivity contribution in [2.45, 2.75) is 13.3 Å². The second-order valence-electron chi connectivity index (χ2n) is 5.03.